The number of halogens is 3. The van der Waals surface area contributed by atoms with E-state index in [0.29, 0.717) is 0 Å². The number of carbonyl (C=O) groups is 2. The summed E-state index contributed by atoms with van der Waals surface area (Å²) in [6.07, 6.45) is -7.91. The summed E-state index contributed by atoms with van der Waals surface area (Å²) in [7, 11) is -6.18. The summed E-state index contributed by atoms with van der Waals surface area (Å²) in [4.78, 5) is 24.6. The van der Waals surface area contributed by atoms with E-state index in [1.54, 1.807) is 24.3 Å². The van der Waals surface area contributed by atoms with E-state index < -0.39 is 58.8 Å². The van der Waals surface area contributed by atoms with Crippen LogP contribution in [0.2, 0.25) is 0 Å². The van der Waals surface area contributed by atoms with E-state index >= 15 is 0 Å². The third-order valence-corrected chi connectivity index (χ3v) is 5.49. The molecule has 3 rings (SSSR count). The minimum Gasteiger partial charge on any atom is -0.459 e. The topological polar surface area (TPSA) is 125 Å². The van der Waals surface area contributed by atoms with Gasteiger partial charge in [0.1, 0.15) is 12.7 Å². The Morgan fingerprint density at radius 1 is 0.909 bits per heavy atom. The van der Waals surface area contributed by atoms with Crippen molar-refractivity contribution in [1.82, 2.24) is 0 Å². The predicted molar refractivity (Wildman–Crippen MR) is 103 cm³/mol. The molecule has 0 bridgehead atoms. The Balaban J connectivity index is 1.81. The van der Waals surface area contributed by atoms with Gasteiger partial charge < -0.3 is 19.3 Å². The third kappa shape index (κ3) is 5.87. The van der Waals surface area contributed by atoms with E-state index in [1.165, 1.54) is 36.4 Å². The van der Waals surface area contributed by atoms with Gasteiger partial charge in [0.15, 0.2) is 18.5 Å². The van der Waals surface area contributed by atoms with Crippen molar-refractivity contribution in [3.8, 4) is 0 Å². The van der Waals surface area contributed by atoms with Gasteiger partial charge in [-0.2, -0.15) is 21.6 Å². The van der Waals surface area contributed by atoms with Gasteiger partial charge in [0.25, 0.3) is 0 Å². The van der Waals surface area contributed by atoms with E-state index in [4.69, 9.17) is 14.2 Å². The Hall–Kier alpha value is -3.00. The number of hydrogen-bond donors (Lipinski definition) is 1. The number of aliphatic hydroxyl groups excluding tert-OH is 1. The molecule has 0 spiro atoms. The van der Waals surface area contributed by atoms with Crippen molar-refractivity contribution in [1.29, 1.82) is 0 Å². The van der Waals surface area contributed by atoms with Crippen molar-refractivity contribution in [2.75, 3.05) is 6.61 Å². The molecule has 2 aromatic carbocycles. The summed E-state index contributed by atoms with van der Waals surface area (Å²) in [6.45, 7) is -0.691. The molecule has 1 aliphatic heterocycles. The minimum absolute atomic E-state index is 0.0173. The average molecular weight is 490 g/mol. The normalized spacial score (nSPS) is 23.2. The molecule has 13 heteroatoms. The van der Waals surface area contributed by atoms with Gasteiger partial charge in [0.05, 0.1) is 11.1 Å². The van der Waals surface area contributed by atoms with Gasteiger partial charge in [0, 0.05) is 0 Å². The highest BCUT2D eigenvalue weighted by Gasteiger charge is 2.56. The van der Waals surface area contributed by atoms with Crippen LogP contribution in [0.25, 0.3) is 0 Å². The highest BCUT2D eigenvalue weighted by molar-refractivity contribution is 7.87. The van der Waals surface area contributed by atoms with Crippen LogP contribution >= 0.6 is 0 Å². The standard InChI is InChI=1S/C20H17F3O9S/c21-20(22,23)33(27,28)32-16-15(31-18(25)13-9-5-2-6-10-13)14(30-19(16)26)11-29-17(24)12-7-3-1-4-8-12/h1-10,14-16,19,26H,11H2/t14-,15+,16-,19-/m0/s1. The summed E-state index contributed by atoms with van der Waals surface area (Å²) in [6, 6.07) is 14.9. The first-order chi connectivity index (χ1) is 15.5. The van der Waals surface area contributed by atoms with E-state index in [1.807, 2.05) is 0 Å². The SMILES string of the molecule is O=C(OC[C@@H]1O[C@H](O)[C@@H](OS(=O)(=O)C(F)(F)F)[C@@H]1OC(=O)c1ccccc1)c1ccccc1. The van der Waals surface area contributed by atoms with Crippen LogP contribution in [0.3, 0.4) is 0 Å². The lowest BCUT2D eigenvalue weighted by molar-refractivity contribution is -0.132. The Labute approximate surface area is 185 Å². The number of carbonyl (C=O) groups excluding carboxylic acids is 2. The Morgan fingerprint density at radius 3 is 1.94 bits per heavy atom. The second-order valence-corrected chi connectivity index (χ2v) is 8.29. The fourth-order valence-electron chi connectivity index (χ4n) is 2.87. The average Bonchev–Trinajstić information content (AvgIpc) is 3.06. The van der Waals surface area contributed by atoms with E-state index in [9.17, 15) is 36.3 Å². The molecule has 9 nitrogen and oxygen atoms in total. The number of alkyl halides is 3. The molecule has 0 aromatic heterocycles. The Morgan fingerprint density at radius 2 is 1.42 bits per heavy atom. The molecule has 1 heterocycles. The molecule has 178 valence electrons. The molecule has 2 aromatic rings. The predicted octanol–water partition coefficient (Wildman–Crippen LogP) is 2.02. The van der Waals surface area contributed by atoms with Crippen LogP contribution in [0, 0.1) is 0 Å². The lowest BCUT2D eigenvalue weighted by Gasteiger charge is -2.23. The number of benzene rings is 2. The van der Waals surface area contributed by atoms with E-state index in [-0.39, 0.29) is 11.1 Å². The first-order valence-corrected chi connectivity index (χ1v) is 10.7. The highest BCUT2D eigenvalue weighted by Crippen LogP contribution is 2.33. The maximum absolute atomic E-state index is 12.8. The van der Waals surface area contributed by atoms with Crippen molar-refractivity contribution < 1.29 is 54.7 Å². The molecule has 0 radical (unpaired) electrons. The van der Waals surface area contributed by atoms with E-state index in [0.717, 1.165) is 0 Å². The molecule has 0 saturated carbocycles. The van der Waals surface area contributed by atoms with Gasteiger partial charge in [-0.25, -0.2) is 9.59 Å². The number of aliphatic hydroxyl groups is 1. The third-order valence-electron chi connectivity index (χ3n) is 4.45. The summed E-state index contributed by atoms with van der Waals surface area (Å²) in [5.74, 6) is -1.90. The number of rotatable bonds is 7. The maximum Gasteiger partial charge on any atom is 0.523 e. The van der Waals surface area contributed by atoms with Gasteiger partial charge in [0.2, 0.25) is 0 Å². The fourth-order valence-corrected chi connectivity index (χ4v) is 3.48. The molecule has 1 fully saturated rings. The van der Waals surface area contributed by atoms with Crippen LogP contribution in [-0.2, 0) is 28.5 Å². The zero-order valence-electron chi connectivity index (χ0n) is 16.5. The lowest BCUT2D eigenvalue weighted by Crippen LogP contribution is -2.43. The summed E-state index contributed by atoms with van der Waals surface area (Å²) < 4.78 is 80.6. The molecule has 1 N–H and O–H groups in total. The second-order valence-electron chi connectivity index (χ2n) is 6.73. The van der Waals surface area contributed by atoms with Gasteiger partial charge in [-0.3, -0.25) is 4.18 Å². The first kappa shape index (κ1) is 24.6. The van der Waals surface area contributed by atoms with Crippen molar-refractivity contribution in [3.05, 3.63) is 71.8 Å². The molecular formula is C20H17F3O9S. The number of ether oxygens (including phenoxy) is 3. The molecule has 1 aliphatic rings. The van der Waals surface area contributed by atoms with Crippen LogP contribution in [-0.4, -0.2) is 62.2 Å². The molecule has 1 saturated heterocycles. The maximum atomic E-state index is 12.8. The molecule has 0 unspecified atom stereocenters. The zero-order valence-corrected chi connectivity index (χ0v) is 17.4. The molecule has 0 amide bonds. The summed E-state index contributed by atoms with van der Waals surface area (Å²) >= 11 is 0. The van der Waals surface area contributed by atoms with Crippen LogP contribution in [0.1, 0.15) is 20.7 Å². The van der Waals surface area contributed by atoms with Crippen LogP contribution in [0.4, 0.5) is 13.2 Å². The zero-order chi connectivity index (χ0) is 24.2. The summed E-state index contributed by atoms with van der Waals surface area (Å²) in [5, 5.41) is 10.0. The molecule has 4 atom stereocenters. The number of hydrogen-bond acceptors (Lipinski definition) is 9. The highest BCUT2D eigenvalue weighted by atomic mass is 32.2. The fraction of sp³-hybridized carbons (Fsp3) is 0.300. The Bertz CT molecular complexity index is 1070. The monoisotopic (exact) mass is 490 g/mol. The first-order valence-electron chi connectivity index (χ1n) is 9.31. The second kappa shape index (κ2) is 9.87. The van der Waals surface area contributed by atoms with Gasteiger partial charge in [-0.1, -0.05) is 36.4 Å². The van der Waals surface area contributed by atoms with Gasteiger partial charge in [-0.05, 0) is 24.3 Å². The number of esters is 2. The van der Waals surface area contributed by atoms with E-state index in [2.05, 4.69) is 4.18 Å². The smallest absolute Gasteiger partial charge is 0.459 e. The molecule has 0 aliphatic carbocycles. The van der Waals surface area contributed by atoms with Crippen LogP contribution in [0.5, 0.6) is 0 Å². The van der Waals surface area contributed by atoms with Crippen molar-refractivity contribution in [2.24, 2.45) is 0 Å². The van der Waals surface area contributed by atoms with Crippen molar-refractivity contribution in [2.45, 2.75) is 30.1 Å². The van der Waals surface area contributed by atoms with Gasteiger partial charge in [-0.15, -0.1) is 0 Å². The van der Waals surface area contributed by atoms with Crippen molar-refractivity contribution in [3.63, 3.8) is 0 Å². The Kier molecular flexibility index (Phi) is 7.37. The molecular weight excluding hydrogens is 473 g/mol. The minimum atomic E-state index is -6.18. The van der Waals surface area contributed by atoms with Crippen LogP contribution < -0.4 is 0 Å². The van der Waals surface area contributed by atoms with Crippen molar-refractivity contribution >= 4 is 22.1 Å². The summed E-state index contributed by atoms with van der Waals surface area (Å²) in [5.41, 5.74) is -5.68. The van der Waals surface area contributed by atoms with Gasteiger partial charge >= 0.3 is 27.6 Å². The molecule has 33 heavy (non-hydrogen) atoms. The lowest BCUT2D eigenvalue weighted by atomic mass is 10.1. The largest absolute Gasteiger partial charge is 0.523 e. The quantitative estimate of drug-likeness (QED) is 0.352. The van der Waals surface area contributed by atoms with Crippen LogP contribution in [0.15, 0.2) is 60.7 Å².